The van der Waals surface area contributed by atoms with Gasteiger partial charge in [0.15, 0.2) is 11.6 Å². The van der Waals surface area contributed by atoms with Crippen LogP contribution in [0.3, 0.4) is 0 Å². The molecule has 2 bridgehead atoms. The monoisotopic (exact) mass is 216 g/mol. The number of hydrogen-bond donors (Lipinski definition) is 0. The molecular formula is C13H12O3. The number of carbonyl (C=O) groups excluding carboxylic acids is 2. The standard InChI is InChI=1S/C13H12O3/c14-5-1-2-6(15)8-7(5)9-11-12(16-11)10(8)13(9)3-4-13/h1-2,7-12H,3-4H2/t7-,8+,9+,10-,11+,12-. The van der Waals surface area contributed by atoms with Gasteiger partial charge in [-0.1, -0.05) is 0 Å². The summed E-state index contributed by atoms with van der Waals surface area (Å²) in [6, 6.07) is 0. The SMILES string of the molecule is O=C1C=CC(=O)[C@H]2[C@@H]1[C@H]1[C@@H]3O[C@@H]3[C@@H]2C12CC2. The molecule has 82 valence electrons. The van der Waals surface area contributed by atoms with Gasteiger partial charge in [0.1, 0.15) is 0 Å². The number of carbonyl (C=O) groups is 2. The molecule has 3 nitrogen and oxygen atoms in total. The summed E-state index contributed by atoms with van der Waals surface area (Å²) in [7, 11) is 0. The van der Waals surface area contributed by atoms with E-state index in [1.165, 1.54) is 25.0 Å². The second kappa shape index (κ2) is 2.06. The van der Waals surface area contributed by atoms with E-state index < -0.39 is 0 Å². The summed E-state index contributed by atoms with van der Waals surface area (Å²) < 4.78 is 5.67. The molecule has 5 aliphatic rings. The molecule has 0 radical (unpaired) electrons. The number of hydrogen-bond acceptors (Lipinski definition) is 3. The van der Waals surface area contributed by atoms with Crippen molar-refractivity contribution in [3.05, 3.63) is 12.2 Å². The molecule has 1 saturated heterocycles. The Balaban J connectivity index is 1.73. The molecule has 6 atom stereocenters. The summed E-state index contributed by atoms with van der Waals surface area (Å²) in [5, 5.41) is 0. The van der Waals surface area contributed by atoms with Crippen molar-refractivity contribution in [3.63, 3.8) is 0 Å². The maximum Gasteiger partial charge on any atom is 0.160 e. The van der Waals surface area contributed by atoms with E-state index in [0.29, 0.717) is 29.5 Å². The van der Waals surface area contributed by atoms with E-state index in [1.54, 1.807) is 0 Å². The van der Waals surface area contributed by atoms with Crippen LogP contribution in [-0.2, 0) is 14.3 Å². The minimum Gasteiger partial charge on any atom is -0.369 e. The highest BCUT2D eigenvalue weighted by Gasteiger charge is 2.83. The molecule has 3 saturated carbocycles. The first-order chi connectivity index (χ1) is 7.74. The van der Waals surface area contributed by atoms with E-state index in [4.69, 9.17) is 4.74 Å². The van der Waals surface area contributed by atoms with Crippen molar-refractivity contribution in [1.82, 2.24) is 0 Å². The quantitative estimate of drug-likeness (QED) is 0.561. The molecule has 5 rings (SSSR count). The lowest BCUT2D eigenvalue weighted by Crippen LogP contribution is -2.39. The fourth-order valence-corrected chi connectivity index (χ4v) is 5.07. The lowest BCUT2D eigenvalue weighted by molar-refractivity contribution is -0.130. The molecule has 3 heteroatoms. The second-order valence-electron chi connectivity index (χ2n) is 6.04. The van der Waals surface area contributed by atoms with Gasteiger partial charge in [-0.15, -0.1) is 0 Å². The predicted octanol–water partition coefficient (Wildman–Crippen LogP) is 0.734. The molecule has 0 amide bonds. The topological polar surface area (TPSA) is 46.7 Å². The molecular weight excluding hydrogens is 204 g/mol. The van der Waals surface area contributed by atoms with Gasteiger partial charge in [-0.2, -0.15) is 0 Å². The normalized spacial score (nSPS) is 57.8. The van der Waals surface area contributed by atoms with Crippen molar-refractivity contribution in [1.29, 1.82) is 0 Å². The zero-order valence-corrected chi connectivity index (χ0v) is 8.76. The minimum absolute atomic E-state index is 0.0336. The van der Waals surface area contributed by atoms with Crippen molar-refractivity contribution in [2.45, 2.75) is 25.0 Å². The maximum atomic E-state index is 12.0. The number of rotatable bonds is 0. The first kappa shape index (κ1) is 8.18. The second-order valence-corrected chi connectivity index (χ2v) is 6.04. The maximum absolute atomic E-state index is 12.0. The van der Waals surface area contributed by atoms with Crippen LogP contribution in [0.5, 0.6) is 0 Å². The Morgan fingerprint density at radius 3 is 1.94 bits per heavy atom. The first-order valence-electron chi connectivity index (χ1n) is 6.15. The largest absolute Gasteiger partial charge is 0.369 e. The van der Waals surface area contributed by atoms with Gasteiger partial charge < -0.3 is 4.74 Å². The molecule has 1 heterocycles. The molecule has 0 aromatic heterocycles. The van der Waals surface area contributed by atoms with Crippen LogP contribution in [0.1, 0.15) is 12.8 Å². The zero-order valence-electron chi connectivity index (χ0n) is 8.76. The van der Waals surface area contributed by atoms with E-state index in [9.17, 15) is 9.59 Å². The minimum atomic E-state index is -0.0336. The molecule has 0 N–H and O–H groups in total. The summed E-state index contributed by atoms with van der Waals surface area (Å²) in [5.41, 5.74) is 0.334. The Hall–Kier alpha value is -0.960. The Kier molecular flexibility index (Phi) is 1.05. The van der Waals surface area contributed by atoms with Gasteiger partial charge in [0, 0.05) is 23.7 Å². The van der Waals surface area contributed by atoms with Crippen LogP contribution < -0.4 is 0 Å². The molecule has 1 spiro atoms. The van der Waals surface area contributed by atoms with Crippen molar-refractivity contribution >= 4 is 11.6 Å². The molecule has 0 aromatic rings. The smallest absolute Gasteiger partial charge is 0.160 e. The summed E-state index contributed by atoms with van der Waals surface area (Å²) >= 11 is 0. The van der Waals surface area contributed by atoms with Crippen LogP contribution in [-0.4, -0.2) is 23.8 Å². The van der Waals surface area contributed by atoms with E-state index in [0.717, 1.165) is 0 Å². The highest BCUT2D eigenvalue weighted by Crippen LogP contribution is 2.79. The van der Waals surface area contributed by atoms with Gasteiger partial charge in [-0.25, -0.2) is 0 Å². The lowest BCUT2D eigenvalue weighted by atomic mass is 9.72. The van der Waals surface area contributed by atoms with Gasteiger partial charge in [-0.05, 0) is 30.4 Å². The molecule has 16 heavy (non-hydrogen) atoms. The highest BCUT2D eigenvalue weighted by molar-refractivity contribution is 6.08. The van der Waals surface area contributed by atoms with Crippen LogP contribution >= 0.6 is 0 Å². The molecule has 1 aliphatic heterocycles. The lowest BCUT2D eigenvalue weighted by Gasteiger charge is -2.27. The van der Waals surface area contributed by atoms with Crippen molar-refractivity contribution < 1.29 is 14.3 Å². The van der Waals surface area contributed by atoms with Gasteiger partial charge in [-0.3, -0.25) is 9.59 Å². The number of fused-ring (bicyclic) bond motifs is 6. The van der Waals surface area contributed by atoms with Crippen LogP contribution in [0.2, 0.25) is 0 Å². The molecule has 4 fully saturated rings. The summed E-state index contributed by atoms with van der Waals surface area (Å²) in [5.74, 6) is 1.03. The fourth-order valence-electron chi connectivity index (χ4n) is 5.07. The number of ether oxygens (including phenoxy) is 1. The van der Waals surface area contributed by atoms with Crippen molar-refractivity contribution in [3.8, 4) is 0 Å². The Labute approximate surface area is 92.8 Å². The Morgan fingerprint density at radius 2 is 1.50 bits per heavy atom. The number of ketones is 2. The van der Waals surface area contributed by atoms with Gasteiger partial charge >= 0.3 is 0 Å². The average Bonchev–Trinajstić information content (AvgIpc) is 3.13. The molecule has 0 aromatic carbocycles. The van der Waals surface area contributed by atoms with Crippen LogP contribution in [0.25, 0.3) is 0 Å². The third-order valence-electron chi connectivity index (χ3n) is 5.65. The highest BCUT2D eigenvalue weighted by atomic mass is 16.6. The van der Waals surface area contributed by atoms with E-state index in [-0.39, 0.29) is 23.4 Å². The zero-order chi connectivity index (χ0) is 10.7. The predicted molar refractivity (Wildman–Crippen MR) is 53.4 cm³/mol. The van der Waals surface area contributed by atoms with E-state index in [1.807, 2.05) is 0 Å². The number of epoxide rings is 1. The van der Waals surface area contributed by atoms with E-state index >= 15 is 0 Å². The number of allylic oxidation sites excluding steroid dienone is 2. The third kappa shape index (κ3) is 0.624. The van der Waals surface area contributed by atoms with E-state index in [2.05, 4.69) is 0 Å². The summed E-state index contributed by atoms with van der Waals surface area (Å²) in [6.07, 6.45) is 6.06. The molecule has 4 aliphatic carbocycles. The van der Waals surface area contributed by atoms with Crippen LogP contribution in [0.15, 0.2) is 12.2 Å². The Morgan fingerprint density at radius 1 is 1.00 bits per heavy atom. The fraction of sp³-hybridized carbons (Fsp3) is 0.692. The summed E-state index contributed by atoms with van der Waals surface area (Å²) in [6.45, 7) is 0. The third-order valence-corrected chi connectivity index (χ3v) is 5.65. The summed E-state index contributed by atoms with van der Waals surface area (Å²) in [4.78, 5) is 24.0. The van der Waals surface area contributed by atoms with Gasteiger partial charge in [0.25, 0.3) is 0 Å². The average molecular weight is 216 g/mol. The van der Waals surface area contributed by atoms with Crippen molar-refractivity contribution in [2.24, 2.45) is 29.1 Å². The van der Waals surface area contributed by atoms with Crippen LogP contribution in [0.4, 0.5) is 0 Å². The molecule has 0 unspecified atom stereocenters. The first-order valence-corrected chi connectivity index (χ1v) is 6.15. The van der Waals surface area contributed by atoms with Crippen molar-refractivity contribution in [2.75, 3.05) is 0 Å². The van der Waals surface area contributed by atoms with Crippen LogP contribution in [0, 0.1) is 29.1 Å². The Bertz CT molecular complexity index is 436. The van der Waals surface area contributed by atoms with Gasteiger partial charge in [0.05, 0.1) is 12.2 Å². The van der Waals surface area contributed by atoms with Gasteiger partial charge in [0.2, 0.25) is 0 Å².